The van der Waals surface area contributed by atoms with Crippen LogP contribution in [0.5, 0.6) is 5.75 Å². The summed E-state index contributed by atoms with van der Waals surface area (Å²) in [6.07, 6.45) is 8.83. The Morgan fingerprint density at radius 2 is 2.00 bits per heavy atom. The fourth-order valence-corrected chi connectivity index (χ4v) is 4.03. The fourth-order valence-electron chi connectivity index (χ4n) is 4.03. The van der Waals surface area contributed by atoms with Crippen LogP contribution in [0.4, 0.5) is 0 Å². The average Bonchev–Trinajstić information content (AvgIpc) is 3.11. The summed E-state index contributed by atoms with van der Waals surface area (Å²) in [6, 6.07) is 12.8. The second-order valence-corrected chi connectivity index (χ2v) is 7.61. The number of ether oxygens (including phenoxy) is 1. The van der Waals surface area contributed by atoms with Crippen LogP contribution in [0.15, 0.2) is 83.7 Å². The molecule has 0 bridgehead atoms. The molecule has 0 spiro atoms. The van der Waals surface area contributed by atoms with Crippen molar-refractivity contribution in [2.24, 2.45) is 0 Å². The van der Waals surface area contributed by atoms with E-state index < -0.39 is 5.97 Å². The monoisotopic (exact) mass is 416 g/mol. The molecule has 4 rings (SSSR count). The van der Waals surface area contributed by atoms with Crippen LogP contribution < -0.4 is 4.74 Å². The third-order valence-corrected chi connectivity index (χ3v) is 5.48. The van der Waals surface area contributed by atoms with E-state index in [0.717, 1.165) is 22.5 Å². The first kappa shape index (κ1) is 20.6. The highest BCUT2D eigenvalue weighted by molar-refractivity contribution is 5.96. The van der Waals surface area contributed by atoms with Gasteiger partial charge in [0, 0.05) is 29.6 Å². The molecular weight excluding hydrogens is 392 g/mol. The molecule has 1 aromatic carbocycles. The van der Waals surface area contributed by atoms with E-state index in [1.54, 1.807) is 35.4 Å². The van der Waals surface area contributed by atoms with Gasteiger partial charge >= 0.3 is 5.97 Å². The SMILES string of the molecule is CC1=CC2=C(CC(=O)O)C=CCC2N1C(=O)c1ccc(OCCc2ccccn2)cc1. The minimum absolute atomic E-state index is 0.0430. The van der Waals surface area contributed by atoms with Gasteiger partial charge in [-0.15, -0.1) is 0 Å². The first-order valence-electron chi connectivity index (χ1n) is 10.3. The molecule has 6 nitrogen and oxygen atoms in total. The van der Waals surface area contributed by atoms with E-state index >= 15 is 0 Å². The first-order chi connectivity index (χ1) is 15.0. The maximum absolute atomic E-state index is 13.2. The number of fused-ring (bicyclic) bond motifs is 1. The Morgan fingerprint density at radius 3 is 2.71 bits per heavy atom. The number of carbonyl (C=O) groups excluding carboxylic acids is 1. The Kier molecular flexibility index (Phi) is 5.98. The molecule has 31 heavy (non-hydrogen) atoms. The Labute approximate surface area is 181 Å². The summed E-state index contributed by atoms with van der Waals surface area (Å²) < 4.78 is 5.78. The van der Waals surface area contributed by atoms with Gasteiger partial charge in [-0.25, -0.2) is 0 Å². The first-order valence-corrected chi connectivity index (χ1v) is 10.3. The topological polar surface area (TPSA) is 79.7 Å². The van der Waals surface area contributed by atoms with Crippen molar-refractivity contribution < 1.29 is 19.4 Å². The van der Waals surface area contributed by atoms with E-state index in [1.807, 2.05) is 43.4 Å². The molecule has 1 aliphatic carbocycles. The standard InChI is InChI=1S/C25H24N2O4/c1-17-15-22-19(16-24(28)29)5-4-7-23(22)27(17)25(30)18-8-10-21(11-9-18)31-14-12-20-6-2-3-13-26-20/h2-6,8-11,13,15,23H,7,12,14,16H2,1H3,(H,28,29). The molecule has 1 N–H and O–H groups in total. The van der Waals surface area contributed by atoms with Crippen LogP contribution in [0.25, 0.3) is 0 Å². The molecule has 0 fully saturated rings. The molecule has 2 aliphatic rings. The lowest BCUT2D eigenvalue weighted by Gasteiger charge is -2.29. The maximum atomic E-state index is 13.2. The molecule has 2 heterocycles. The smallest absolute Gasteiger partial charge is 0.307 e. The maximum Gasteiger partial charge on any atom is 0.307 e. The molecule has 0 saturated carbocycles. The highest BCUT2D eigenvalue weighted by Gasteiger charge is 2.35. The number of aliphatic carboxylic acids is 1. The second kappa shape index (κ2) is 9.00. The molecule has 1 unspecified atom stereocenters. The number of aromatic nitrogens is 1. The van der Waals surface area contributed by atoms with Crippen LogP contribution in [0.3, 0.4) is 0 Å². The highest BCUT2D eigenvalue weighted by Crippen LogP contribution is 2.36. The Hall–Kier alpha value is -3.67. The quantitative estimate of drug-likeness (QED) is 0.733. The molecule has 0 radical (unpaired) electrons. The van der Waals surface area contributed by atoms with E-state index in [1.165, 1.54) is 0 Å². The molecular formula is C25H24N2O4. The number of carboxylic acids is 1. The van der Waals surface area contributed by atoms with Crippen molar-refractivity contribution in [1.82, 2.24) is 9.88 Å². The van der Waals surface area contributed by atoms with E-state index in [9.17, 15) is 14.7 Å². The van der Waals surface area contributed by atoms with Gasteiger partial charge in [0.05, 0.1) is 19.1 Å². The molecule has 1 aliphatic heterocycles. The summed E-state index contributed by atoms with van der Waals surface area (Å²) in [6.45, 7) is 2.39. The van der Waals surface area contributed by atoms with Crippen molar-refractivity contribution >= 4 is 11.9 Å². The van der Waals surface area contributed by atoms with E-state index in [4.69, 9.17) is 4.74 Å². The molecule has 6 heteroatoms. The zero-order valence-electron chi connectivity index (χ0n) is 17.3. The number of hydrogen-bond acceptors (Lipinski definition) is 4. The van der Waals surface area contributed by atoms with Gasteiger partial charge in [0.1, 0.15) is 5.75 Å². The zero-order valence-corrected chi connectivity index (χ0v) is 17.3. The second-order valence-electron chi connectivity index (χ2n) is 7.61. The number of amides is 1. The summed E-state index contributed by atoms with van der Waals surface area (Å²) in [5, 5.41) is 9.17. The lowest BCUT2D eigenvalue weighted by atomic mass is 9.92. The summed E-state index contributed by atoms with van der Waals surface area (Å²) in [7, 11) is 0. The van der Waals surface area contributed by atoms with Crippen molar-refractivity contribution in [2.45, 2.75) is 32.2 Å². The van der Waals surface area contributed by atoms with Crippen LogP contribution in [0.2, 0.25) is 0 Å². The average molecular weight is 416 g/mol. The molecule has 1 amide bonds. The van der Waals surface area contributed by atoms with Crippen molar-refractivity contribution in [3.63, 3.8) is 0 Å². The molecule has 0 saturated heterocycles. The van der Waals surface area contributed by atoms with Crippen LogP contribution >= 0.6 is 0 Å². The predicted molar refractivity (Wildman–Crippen MR) is 117 cm³/mol. The van der Waals surface area contributed by atoms with Gasteiger partial charge in [-0.1, -0.05) is 18.2 Å². The highest BCUT2D eigenvalue weighted by atomic mass is 16.5. The van der Waals surface area contributed by atoms with Crippen LogP contribution in [0.1, 0.15) is 35.8 Å². The van der Waals surface area contributed by atoms with Crippen molar-refractivity contribution in [1.29, 1.82) is 0 Å². The normalized spacial score (nSPS) is 17.4. The Balaban J connectivity index is 1.42. The number of hydrogen-bond donors (Lipinski definition) is 1. The summed E-state index contributed by atoms with van der Waals surface area (Å²) in [5.74, 6) is -0.271. The minimum Gasteiger partial charge on any atom is -0.493 e. The van der Waals surface area contributed by atoms with Crippen molar-refractivity contribution in [3.05, 3.63) is 95.0 Å². The van der Waals surface area contributed by atoms with Gasteiger partial charge in [0.25, 0.3) is 5.91 Å². The predicted octanol–water partition coefficient (Wildman–Crippen LogP) is 4.16. The van der Waals surface area contributed by atoms with Gasteiger partial charge in [-0.05, 0) is 67.0 Å². The minimum atomic E-state index is -0.873. The van der Waals surface area contributed by atoms with E-state index in [0.29, 0.717) is 30.8 Å². The van der Waals surface area contributed by atoms with Gasteiger partial charge in [0.2, 0.25) is 0 Å². The summed E-state index contributed by atoms with van der Waals surface area (Å²) >= 11 is 0. The third kappa shape index (κ3) is 4.58. The van der Waals surface area contributed by atoms with E-state index in [-0.39, 0.29) is 18.4 Å². The van der Waals surface area contributed by atoms with Crippen molar-refractivity contribution in [2.75, 3.05) is 6.61 Å². The third-order valence-electron chi connectivity index (χ3n) is 5.48. The molecule has 1 atom stereocenters. The van der Waals surface area contributed by atoms with Gasteiger partial charge in [-0.3, -0.25) is 14.6 Å². The Bertz CT molecular complexity index is 1070. The van der Waals surface area contributed by atoms with Crippen molar-refractivity contribution in [3.8, 4) is 5.75 Å². The lowest BCUT2D eigenvalue weighted by molar-refractivity contribution is -0.136. The number of benzene rings is 1. The molecule has 2 aromatic rings. The lowest BCUT2D eigenvalue weighted by Crippen LogP contribution is -2.36. The van der Waals surface area contributed by atoms with Crippen LogP contribution in [0, 0.1) is 0 Å². The summed E-state index contributed by atoms with van der Waals surface area (Å²) in [4.78, 5) is 30.4. The largest absolute Gasteiger partial charge is 0.493 e. The molecule has 1 aromatic heterocycles. The Morgan fingerprint density at radius 1 is 1.19 bits per heavy atom. The summed E-state index contributed by atoms with van der Waals surface area (Å²) in [5.41, 5.74) is 4.05. The van der Waals surface area contributed by atoms with Gasteiger partial charge in [0.15, 0.2) is 0 Å². The fraction of sp³-hybridized carbons (Fsp3) is 0.240. The van der Waals surface area contributed by atoms with Gasteiger partial charge in [-0.2, -0.15) is 0 Å². The zero-order chi connectivity index (χ0) is 21.8. The number of pyridine rings is 1. The number of carboxylic acid groups (broad SMARTS) is 1. The van der Waals surface area contributed by atoms with Crippen LogP contribution in [-0.4, -0.2) is 39.5 Å². The van der Waals surface area contributed by atoms with Crippen LogP contribution in [-0.2, 0) is 11.2 Å². The van der Waals surface area contributed by atoms with Gasteiger partial charge < -0.3 is 14.7 Å². The number of carbonyl (C=O) groups is 2. The molecule has 158 valence electrons. The number of nitrogens with zero attached hydrogens (tertiary/aromatic N) is 2. The van der Waals surface area contributed by atoms with E-state index in [2.05, 4.69) is 4.98 Å². The number of rotatable bonds is 7. The number of allylic oxidation sites excluding steroid dienone is 2.